The van der Waals surface area contributed by atoms with Crippen molar-refractivity contribution in [1.82, 2.24) is 15.2 Å². The number of amides is 1. The van der Waals surface area contributed by atoms with E-state index in [1.807, 2.05) is 6.92 Å². The van der Waals surface area contributed by atoms with E-state index in [1.54, 1.807) is 11.3 Å². The van der Waals surface area contributed by atoms with Crippen LogP contribution in [-0.2, 0) is 4.79 Å². The van der Waals surface area contributed by atoms with E-state index in [0.717, 1.165) is 62.9 Å². The third kappa shape index (κ3) is 4.68. The maximum Gasteiger partial charge on any atom is 0.223 e. The second-order valence-corrected chi connectivity index (χ2v) is 6.69. The molecule has 0 spiro atoms. The Hall–Kier alpha value is -1.14. The Morgan fingerprint density at radius 3 is 2.64 bits per heavy atom. The summed E-state index contributed by atoms with van der Waals surface area (Å²) in [7, 11) is 0. The van der Waals surface area contributed by atoms with Crippen LogP contribution in [0.4, 0.5) is 5.13 Å². The number of anilines is 1. The molecule has 0 saturated carbocycles. The number of thiazole rings is 1. The van der Waals surface area contributed by atoms with Gasteiger partial charge >= 0.3 is 0 Å². The van der Waals surface area contributed by atoms with Gasteiger partial charge < -0.3 is 15.1 Å². The molecule has 1 saturated heterocycles. The lowest BCUT2D eigenvalue weighted by Crippen LogP contribution is -2.42. The van der Waals surface area contributed by atoms with Crippen molar-refractivity contribution in [3.8, 4) is 0 Å². The van der Waals surface area contributed by atoms with Gasteiger partial charge in [0.15, 0.2) is 5.13 Å². The minimum atomic E-state index is 0.161. The third-order valence-electron chi connectivity index (χ3n) is 4.36. The van der Waals surface area contributed by atoms with Crippen LogP contribution in [0, 0.1) is 12.8 Å². The lowest BCUT2D eigenvalue weighted by atomic mass is 9.96. The second-order valence-electron chi connectivity index (χ2n) is 5.85. The summed E-state index contributed by atoms with van der Waals surface area (Å²) in [6.07, 6.45) is 1.85. The summed E-state index contributed by atoms with van der Waals surface area (Å²) in [5, 5.41) is 6.28. The summed E-state index contributed by atoms with van der Waals surface area (Å²) in [5.41, 5.74) is 1.08. The van der Waals surface area contributed by atoms with Gasteiger partial charge in [0.05, 0.1) is 5.69 Å². The number of hydrogen-bond donors (Lipinski definition) is 1. The van der Waals surface area contributed by atoms with Crippen LogP contribution >= 0.6 is 11.3 Å². The topological polar surface area (TPSA) is 48.5 Å². The lowest BCUT2D eigenvalue weighted by molar-refractivity contribution is -0.125. The first kappa shape index (κ1) is 17.2. The van der Waals surface area contributed by atoms with Crippen LogP contribution in [0.15, 0.2) is 5.38 Å². The number of piperidine rings is 1. The zero-order valence-corrected chi connectivity index (χ0v) is 14.8. The number of carbonyl (C=O) groups excluding carboxylic acids is 1. The fraction of sp³-hybridized carbons (Fsp3) is 0.750. The summed E-state index contributed by atoms with van der Waals surface area (Å²) in [6.45, 7) is 12.0. The molecule has 6 heteroatoms. The summed E-state index contributed by atoms with van der Waals surface area (Å²) in [4.78, 5) is 21.4. The first-order valence-corrected chi connectivity index (χ1v) is 9.19. The molecule has 1 aliphatic rings. The maximum atomic E-state index is 12.2. The molecule has 124 valence electrons. The smallest absolute Gasteiger partial charge is 0.223 e. The van der Waals surface area contributed by atoms with E-state index < -0.39 is 0 Å². The molecule has 1 aromatic rings. The first-order valence-electron chi connectivity index (χ1n) is 8.31. The van der Waals surface area contributed by atoms with Gasteiger partial charge in [0, 0.05) is 37.5 Å². The predicted molar refractivity (Wildman–Crippen MR) is 92.6 cm³/mol. The minimum Gasteiger partial charge on any atom is -0.355 e. The molecule has 0 atom stereocenters. The molecule has 0 unspecified atom stereocenters. The average molecular weight is 324 g/mol. The van der Waals surface area contributed by atoms with E-state index in [4.69, 9.17) is 0 Å². The van der Waals surface area contributed by atoms with Crippen molar-refractivity contribution >= 4 is 22.4 Å². The highest BCUT2D eigenvalue weighted by molar-refractivity contribution is 7.13. The second kappa shape index (κ2) is 8.48. The number of nitrogens with zero attached hydrogens (tertiary/aromatic N) is 3. The Kier molecular flexibility index (Phi) is 6.64. The molecule has 2 heterocycles. The number of hydrogen-bond acceptors (Lipinski definition) is 5. The molecule has 1 amide bonds. The van der Waals surface area contributed by atoms with Gasteiger partial charge in [-0.2, -0.15) is 0 Å². The maximum absolute atomic E-state index is 12.2. The predicted octanol–water partition coefficient (Wildman–Crippen LogP) is 2.13. The van der Waals surface area contributed by atoms with Crippen molar-refractivity contribution in [2.45, 2.75) is 33.6 Å². The van der Waals surface area contributed by atoms with Crippen molar-refractivity contribution in [1.29, 1.82) is 0 Å². The zero-order valence-electron chi connectivity index (χ0n) is 14.0. The summed E-state index contributed by atoms with van der Waals surface area (Å²) in [5.74, 6) is 0.385. The number of aryl methyl sites for hydroxylation is 1. The van der Waals surface area contributed by atoms with Crippen molar-refractivity contribution < 1.29 is 4.79 Å². The Morgan fingerprint density at radius 2 is 2.09 bits per heavy atom. The Bertz CT molecular complexity index is 464. The standard InChI is InChI=1S/C16H28N4OS/c1-4-19(5-2)11-8-17-15(21)14-6-9-20(10-7-14)16-18-13(3)12-22-16/h12,14H,4-11H2,1-3H3,(H,17,21). The fourth-order valence-electron chi connectivity index (χ4n) is 2.84. The van der Waals surface area contributed by atoms with Crippen LogP contribution in [0.3, 0.4) is 0 Å². The summed E-state index contributed by atoms with van der Waals surface area (Å²) >= 11 is 1.70. The van der Waals surface area contributed by atoms with E-state index >= 15 is 0 Å². The molecule has 0 bridgehead atoms. The highest BCUT2D eigenvalue weighted by Crippen LogP contribution is 2.26. The van der Waals surface area contributed by atoms with Gasteiger partial charge in [-0.3, -0.25) is 4.79 Å². The average Bonchev–Trinajstić information content (AvgIpc) is 2.98. The van der Waals surface area contributed by atoms with Crippen LogP contribution < -0.4 is 10.2 Å². The number of carbonyl (C=O) groups is 1. The summed E-state index contributed by atoms with van der Waals surface area (Å²) in [6, 6.07) is 0. The Labute approximate surface area is 137 Å². The van der Waals surface area contributed by atoms with Crippen LogP contribution in [-0.4, -0.2) is 55.1 Å². The fourth-order valence-corrected chi connectivity index (χ4v) is 3.70. The van der Waals surface area contributed by atoms with Crippen LogP contribution in [0.25, 0.3) is 0 Å². The van der Waals surface area contributed by atoms with Crippen LogP contribution in [0.1, 0.15) is 32.4 Å². The number of likely N-dealkylation sites (N-methyl/N-ethyl adjacent to an activating group) is 1. The minimum absolute atomic E-state index is 0.161. The van der Waals surface area contributed by atoms with Crippen molar-refractivity contribution in [3.63, 3.8) is 0 Å². The largest absolute Gasteiger partial charge is 0.355 e. The summed E-state index contributed by atoms with van der Waals surface area (Å²) < 4.78 is 0. The van der Waals surface area contributed by atoms with Gasteiger partial charge in [-0.05, 0) is 32.9 Å². The van der Waals surface area contributed by atoms with Crippen LogP contribution in [0.2, 0.25) is 0 Å². The van der Waals surface area contributed by atoms with Gasteiger partial charge in [0.25, 0.3) is 0 Å². The number of rotatable bonds is 7. The van der Waals surface area contributed by atoms with Gasteiger partial charge in [-0.25, -0.2) is 4.98 Å². The highest BCUT2D eigenvalue weighted by Gasteiger charge is 2.25. The molecule has 1 N–H and O–H groups in total. The molecule has 5 nitrogen and oxygen atoms in total. The SMILES string of the molecule is CCN(CC)CCNC(=O)C1CCN(c2nc(C)cs2)CC1. The molecule has 0 radical (unpaired) electrons. The quantitative estimate of drug-likeness (QED) is 0.835. The molecule has 2 rings (SSSR count). The van der Waals surface area contributed by atoms with Gasteiger partial charge in [0.2, 0.25) is 5.91 Å². The molecule has 1 aromatic heterocycles. The molecular weight excluding hydrogens is 296 g/mol. The van der Waals surface area contributed by atoms with Crippen molar-refractivity contribution in [2.75, 3.05) is 44.2 Å². The Morgan fingerprint density at radius 1 is 1.41 bits per heavy atom. The van der Waals surface area contributed by atoms with Crippen molar-refractivity contribution in [3.05, 3.63) is 11.1 Å². The molecule has 22 heavy (non-hydrogen) atoms. The highest BCUT2D eigenvalue weighted by atomic mass is 32.1. The zero-order chi connectivity index (χ0) is 15.9. The first-order chi connectivity index (χ1) is 10.6. The van der Waals surface area contributed by atoms with Gasteiger partial charge in [-0.15, -0.1) is 11.3 Å². The Balaban J connectivity index is 1.71. The molecular formula is C16H28N4OS. The van der Waals surface area contributed by atoms with Gasteiger partial charge in [0.1, 0.15) is 0 Å². The van der Waals surface area contributed by atoms with Crippen molar-refractivity contribution in [2.24, 2.45) is 5.92 Å². The molecule has 1 fully saturated rings. The molecule has 1 aliphatic heterocycles. The normalized spacial score (nSPS) is 16.3. The van der Waals surface area contributed by atoms with E-state index in [2.05, 4.69) is 39.3 Å². The lowest BCUT2D eigenvalue weighted by Gasteiger charge is -2.31. The van der Waals surface area contributed by atoms with Crippen LogP contribution in [0.5, 0.6) is 0 Å². The molecule has 0 aromatic carbocycles. The number of nitrogens with one attached hydrogen (secondary N) is 1. The van der Waals surface area contributed by atoms with E-state index in [9.17, 15) is 4.79 Å². The monoisotopic (exact) mass is 324 g/mol. The van der Waals surface area contributed by atoms with E-state index in [1.165, 1.54) is 0 Å². The number of aromatic nitrogens is 1. The molecule has 0 aliphatic carbocycles. The van der Waals surface area contributed by atoms with E-state index in [0.29, 0.717) is 0 Å². The van der Waals surface area contributed by atoms with E-state index in [-0.39, 0.29) is 11.8 Å². The third-order valence-corrected chi connectivity index (χ3v) is 5.38. The van der Waals surface area contributed by atoms with Gasteiger partial charge in [-0.1, -0.05) is 13.8 Å².